The smallest absolute Gasteiger partial charge is 0.313 e. The highest BCUT2D eigenvalue weighted by molar-refractivity contribution is 6.30. The van der Waals surface area contributed by atoms with Gasteiger partial charge in [-0.25, -0.2) is 0 Å². The fourth-order valence-corrected chi connectivity index (χ4v) is 3.05. The van der Waals surface area contributed by atoms with Crippen molar-refractivity contribution in [1.82, 2.24) is 0 Å². The standard InChI is InChI=1S/C20H18ClNO5/c1-12(23)16-4-2-3-5-17(16)22-19(24)11-27-20(25)14-8-13-9-15(21)6-7-18(13)26-10-14/h2-7,9,14H,8,10-11H2,1H3,(H,22,24)/t14-/m1/s1. The number of esters is 1. The van der Waals surface area contributed by atoms with Crippen LogP contribution in [-0.4, -0.2) is 30.9 Å². The van der Waals surface area contributed by atoms with Gasteiger partial charge in [-0.3, -0.25) is 14.4 Å². The Kier molecular flexibility index (Phi) is 5.76. The number of fused-ring (bicyclic) bond motifs is 1. The molecule has 6 nitrogen and oxygen atoms in total. The van der Waals surface area contributed by atoms with Crippen LogP contribution < -0.4 is 10.1 Å². The van der Waals surface area contributed by atoms with E-state index in [1.807, 2.05) is 0 Å². The highest BCUT2D eigenvalue weighted by Gasteiger charge is 2.28. The average Bonchev–Trinajstić information content (AvgIpc) is 2.65. The molecule has 2 aromatic rings. The van der Waals surface area contributed by atoms with Gasteiger partial charge in [-0.2, -0.15) is 0 Å². The maximum absolute atomic E-state index is 12.3. The molecule has 2 aromatic carbocycles. The number of amides is 1. The number of ketones is 1. The molecule has 0 bridgehead atoms. The summed E-state index contributed by atoms with van der Waals surface area (Å²) in [5.41, 5.74) is 1.61. The molecule has 1 amide bonds. The van der Waals surface area contributed by atoms with Crippen LogP contribution >= 0.6 is 11.6 Å². The molecule has 0 aliphatic carbocycles. The van der Waals surface area contributed by atoms with E-state index >= 15 is 0 Å². The Balaban J connectivity index is 1.55. The molecule has 0 spiro atoms. The van der Waals surface area contributed by atoms with Crippen LogP contribution in [0.2, 0.25) is 5.02 Å². The normalized spacial score (nSPS) is 15.3. The number of carbonyl (C=O) groups excluding carboxylic acids is 3. The fraction of sp³-hybridized carbons (Fsp3) is 0.250. The Labute approximate surface area is 161 Å². The van der Waals surface area contributed by atoms with E-state index < -0.39 is 24.4 Å². The summed E-state index contributed by atoms with van der Waals surface area (Å²) in [7, 11) is 0. The van der Waals surface area contributed by atoms with Gasteiger partial charge in [-0.15, -0.1) is 0 Å². The van der Waals surface area contributed by atoms with Crippen molar-refractivity contribution in [3.05, 3.63) is 58.6 Å². The van der Waals surface area contributed by atoms with E-state index in [-0.39, 0.29) is 12.4 Å². The van der Waals surface area contributed by atoms with Crippen molar-refractivity contribution in [3.63, 3.8) is 0 Å². The summed E-state index contributed by atoms with van der Waals surface area (Å²) in [5.74, 6) is -1.01. The van der Waals surface area contributed by atoms with Gasteiger partial charge in [-0.1, -0.05) is 23.7 Å². The van der Waals surface area contributed by atoms with E-state index in [2.05, 4.69) is 5.32 Å². The molecule has 140 valence electrons. The summed E-state index contributed by atoms with van der Waals surface area (Å²) in [5, 5.41) is 3.15. The number of hydrogen-bond acceptors (Lipinski definition) is 5. The number of Topliss-reactive ketones (excluding diaryl/α,β-unsaturated/α-hetero) is 1. The summed E-state index contributed by atoms with van der Waals surface area (Å²) in [6.45, 7) is 1.16. The van der Waals surface area contributed by atoms with Gasteiger partial charge in [0.2, 0.25) is 0 Å². The zero-order chi connectivity index (χ0) is 19.4. The van der Waals surface area contributed by atoms with E-state index in [1.165, 1.54) is 6.92 Å². The molecular weight excluding hydrogens is 370 g/mol. The lowest BCUT2D eigenvalue weighted by atomic mass is 9.97. The van der Waals surface area contributed by atoms with E-state index in [0.29, 0.717) is 28.4 Å². The number of carbonyl (C=O) groups is 3. The van der Waals surface area contributed by atoms with Crippen LogP contribution in [0.5, 0.6) is 5.75 Å². The predicted molar refractivity (Wildman–Crippen MR) is 100 cm³/mol. The maximum Gasteiger partial charge on any atom is 0.313 e. The molecule has 0 radical (unpaired) electrons. The van der Waals surface area contributed by atoms with Crippen molar-refractivity contribution >= 4 is 34.9 Å². The predicted octanol–water partition coefficient (Wildman–Crippen LogP) is 3.28. The van der Waals surface area contributed by atoms with Crippen LogP contribution in [0.3, 0.4) is 0 Å². The molecule has 7 heteroatoms. The van der Waals surface area contributed by atoms with Crippen LogP contribution in [0.1, 0.15) is 22.8 Å². The summed E-state index contributed by atoms with van der Waals surface area (Å²) in [6.07, 6.45) is 0.434. The lowest BCUT2D eigenvalue weighted by Gasteiger charge is -2.24. The molecule has 1 aliphatic rings. The minimum absolute atomic E-state index is 0.167. The number of ether oxygens (including phenoxy) is 2. The van der Waals surface area contributed by atoms with Crippen molar-refractivity contribution in [2.45, 2.75) is 13.3 Å². The molecule has 0 saturated heterocycles. The van der Waals surface area contributed by atoms with Crippen molar-refractivity contribution in [3.8, 4) is 5.75 Å². The SMILES string of the molecule is CC(=O)c1ccccc1NC(=O)COC(=O)[C@H]1COc2ccc(Cl)cc2C1. The van der Waals surface area contributed by atoms with Crippen LogP contribution in [0.25, 0.3) is 0 Å². The first kappa shape index (κ1) is 18.9. The highest BCUT2D eigenvalue weighted by atomic mass is 35.5. The number of hydrogen-bond donors (Lipinski definition) is 1. The van der Waals surface area contributed by atoms with Gasteiger partial charge >= 0.3 is 5.97 Å². The first-order valence-corrected chi connectivity index (χ1v) is 8.79. The van der Waals surface area contributed by atoms with Gasteiger partial charge in [-0.05, 0) is 49.2 Å². The van der Waals surface area contributed by atoms with Gasteiger partial charge in [0.1, 0.15) is 12.4 Å². The summed E-state index contributed by atoms with van der Waals surface area (Å²) in [4.78, 5) is 35.9. The number of rotatable bonds is 5. The van der Waals surface area contributed by atoms with Crippen molar-refractivity contribution < 1.29 is 23.9 Å². The Morgan fingerprint density at radius 2 is 2.00 bits per heavy atom. The zero-order valence-electron chi connectivity index (χ0n) is 14.7. The second-order valence-electron chi connectivity index (χ2n) is 6.22. The monoisotopic (exact) mass is 387 g/mol. The second kappa shape index (κ2) is 8.22. The molecule has 0 saturated carbocycles. The van der Waals surface area contributed by atoms with Crippen LogP contribution in [0.15, 0.2) is 42.5 Å². The number of nitrogens with one attached hydrogen (secondary N) is 1. The lowest BCUT2D eigenvalue weighted by Crippen LogP contribution is -2.32. The number of benzene rings is 2. The van der Waals surface area contributed by atoms with Gasteiger partial charge < -0.3 is 14.8 Å². The Morgan fingerprint density at radius 3 is 2.78 bits per heavy atom. The molecule has 1 heterocycles. The van der Waals surface area contributed by atoms with E-state index in [0.717, 1.165) is 5.56 Å². The third kappa shape index (κ3) is 4.65. The first-order valence-electron chi connectivity index (χ1n) is 8.41. The quantitative estimate of drug-likeness (QED) is 0.629. The average molecular weight is 388 g/mol. The van der Waals surface area contributed by atoms with Crippen molar-refractivity contribution in [1.29, 1.82) is 0 Å². The van der Waals surface area contributed by atoms with Crippen LogP contribution in [-0.2, 0) is 20.7 Å². The van der Waals surface area contributed by atoms with Crippen LogP contribution in [0, 0.1) is 5.92 Å². The summed E-state index contributed by atoms with van der Waals surface area (Å²) < 4.78 is 10.7. The Hall–Kier alpha value is -2.86. The Bertz CT molecular complexity index is 896. The molecule has 1 N–H and O–H groups in total. The van der Waals surface area contributed by atoms with Gasteiger partial charge in [0.05, 0.1) is 11.6 Å². The number of para-hydroxylation sites is 1. The first-order chi connectivity index (χ1) is 12.9. The van der Waals surface area contributed by atoms with E-state index in [1.54, 1.807) is 42.5 Å². The molecule has 1 aliphatic heterocycles. The van der Waals surface area contributed by atoms with Crippen LogP contribution in [0.4, 0.5) is 5.69 Å². The zero-order valence-corrected chi connectivity index (χ0v) is 15.4. The molecule has 3 rings (SSSR count). The summed E-state index contributed by atoms with van der Waals surface area (Å²) >= 11 is 5.97. The van der Waals surface area contributed by atoms with E-state index in [4.69, 9.17) is 21.1 Å². The molecule has 1 atom stereocenters. The minimum Gasteiger partial charge on any atom is -0.492 e. The molecule has 0 fully saturated rings. The van der Waals surface area contributed by atoms with Crippen molar-refractivity contribution in [2.24, 2.45) is 5.92 Å². The topological polar surface area (TPSA) is 81.7 Å². The molecule has 0 aromatic heterocycles. The molecule has 0 unspecified atom stereocenters. The number of anilines is 1. The Morgan fingerprint density at radius 1 is 1.22 bits per heavy atom. The maximum atomic E-state index is 12.3. The largest absolute Gasteiger partial charge is 0.492 e. The highest BCUT2D eigenvalue weighted by Crippen LogP contribution is 2.30. The number of halogens is 1. The van der Waals surface area contributed by atoms with Gasteiger partial charge in [0.15, 0.2) is 12.4 Å². The molecule has 27 heavy (non-hydrogen) atoms. The van der Waals surface area contributed by atoms with Gasteiger partial charge in [0, 0.05) is 10.6 Å². The lowest BCUT2D eigenvalue weighted by molar-refractivity contribution is -0.152. The minimum atomic E-state index is -0.518. The van der Waals surface area contributed by atoms with E-state index in [9.17, 15) is 14.4 Å². The third-order valence-electron chi connectivity index (χ3n) is 4.19. The fourth-order valence-electron chi connectivity index (χ4n) is 2.85. The third-order valence-corrected chi connectivity index (χ3v) is 4.42. The second-order valence-corrected chi connectivity index (χ2v) is 6.66. The van der Waals surface area contributed by atoms with Crippen molar-refractivity contribution in [2.75, 3.05) is 18.5 Å². The summed E-state index contributed by atoms with van der Waals surface area (Å²) in [6, 6.07) is 11.9. The molecular formula is C20H18ClNO5. The van der Waals surface area contributed by atoms with Gasteiger partial charge in [0.25, 0.3) is 5.91 Å².